The third-order valence-electron chi connectivity index (χ3n) is 5.99. The van der Waals surface area contributed by atoms with Crippen LogP contribution in [-0.2, 0) is 6.54 Å². The number of carbonyl (C=O) groups is 1. The van der Waals surface area contributed by atoms with Gasteiger partial charge in [-0.15, -0.1) is 0 Å². The van der Waals surface area contributed by atoms with Gasteiger partial charge < -0.3 is 20.4 Å². The first-order valence-corrected chi connectivity index (χ1v) is 10.9. The first kappa shape index (κ1) is 20.4. The highest BCUT2D eigenvalue weighted by Crippen LogP contribution is 2.24. The molecule has 2 amide bonds. The molecule has 2 aromatic rings. The zero-order valence-electron chi connectivity index (χ0n) is 17.3. The second kappa shape index (κ2) is 9.78. The number of urea groups is 1. The number of nitrogens with zero attached hydrogens (tertiary/aromatic N) is 3. The van der Waals surface area contributed by atoms with Crippen molar-refractivity contribution in [1.82, 2.24) is 15.6 Å². The summed E-state index contributed by atoms with van der Waals surface area (Å²) in [5, 5.41) is 5.98. The number of hydrogen-bond donors (Lipinski definition) is 2. The van der Waals surface area contributed by atoms with Crippen molar-refractivity contribution in [2.75, 3.05) is 42.5 Å². The van der Waals surface area contributed by atoms with Gasteiger partial charge in [0.25, 0.3) is 0 Å². The van der Waals surface area contributed by atoms with Crippen LogP contribution in [-0.4, -0.2) is 43.7 Å². The number of hydrogen-bond acceptors (Lipinski definition) is 4. The minimum Gasteiger partial charge on any atom is -0.371 e. The minimum atomic E-state index is -0.218. The van der Waals surface area contributed by atoms with Crippen LogP contribution in [0.3, 0.4) is 0 Å². The van der Waals surface area contributed by atoms with Crippen LogP contribution in [0.5, 0.6) is 0 Å². The van der Waals surface area contributed by atoms with Crippen LogP contribution in [0.1, 0.15) is 31.2 Å². The summed E-state index contributed by atoms with van der Waals surface area (Å²) in [7, 11) is 0. The Kier molecular flexibility index (Phi) is 6.67. The summed E-state index contributed by atoms with van der Waals surface area (Å²) >= 11 is 0. The second-order valence-corrected chi connectivity index (χ2v) is 8.17. The lowest BCUT2D eigenvalue weighted by molar-refractivity contribution is 0.239. The summed E-state index contributed by atoms with van der Waals surface area (Å²) in [6.45, 7) is 4.96. The number of anilines is 2. The molecule has 1 aromatic heterocycles. The maximum Gasteiger partial charge on any atom is 0.315 e. The van der Waals surface area contributed by atoms with E-state index in [0.717, 1.165) is 49.7 Å². The highest BCUT2D eigenvalue weighted by molar-refractivity contribution is 5.74. The zero-order valence-corrected chi connectivity index (χ0v) is 17.3. The van der Waals surface area contributed by atoms with Crippen molar-refractivity contribution in [2.45, 2.75) is 32.2 Å². The Bertz CT molecular complexity index is 838. The molecule has 6 nitrogen and oxygen atoms in total. The average molecular weight is 412 g/mol. The molecule has 0 radical (unpaired) electrons. The number of amides is 2. The number of halogens is 1. The van der Waals surface area contributed by atoms with E-state index in [2.05, 4.69) is 25.4 Å². The van der Waals surface area contributed by atoms with Crippen LogP contribution in [0.4, 0.5) is 20.7 Å². The van der Waals surface area contributed by atoms with Crippen LogP contribution in [0, 0.1) is 11.7 Å². The summed E-state index contributed by atoms with van der Waals surface area (Å²) in [5.41, 5.74) is 2.09. The van der Waals surface area contributed by atoms with Crippen LogP contribution in [0.2, 0.25) is 0 Å². The topological polar surface area (TPSA) is 60.5 Å². The summed E-state index contributed by atoms with van der Waals surface area (Å²) in [5.74, 6) is 1.16. The van der Waals surface area contributed by atoms with Gasteiger partial charge in [0.2, 0.25) is 0 Å². The Balaban J connectivity index is 1.23. The van der Waals surface area contributed by atoms with Crippen LogP contribution < -0.4 is 20.4 Å². The van der Waals surface area contributed by atoms with Gasteiger partial charge in [0.05, 0.1) is 0 Å². The molecule has 160 valence electrons. The average Bonchev–Trinajstić information content (AvgIpc) is 3.27. The molecule has 0 bridgehead atoms. The van der Waals surface area contributed by atoms with Crippen molar-refractivity contribution < 1.29 is 9.18 Å². The van der Waals surface area contributed by atoms with Crippen molar-refractivity contribution in [2.24, 2.45) is 5.92 Å². The maximum atomic E-state index is 13.1. The molecule has 0 aliphatic carbocycles. The first-order valence-electron chi connectivity index (χ1n) is 10.9. The van der Waals surface area contributed by atoms with Gasteiger partial charge in [0, 0.05) is 56.7 Å². The highest BCUT2D eigenvalue weighted by Gasteiger charge is 2.23. The van der Waals surface area contributed by atoms with Crippen LogP contribution in [0.25, 0.3) is 0 Å². The number of nitrogens with one attached hydrogen (secondary N) is 2. The fraction of sp³-hybridized carbons (Fsp3) is 0.478. The van der Waals surface area contributed by atoms with Crippen molar-refractivity contribution in [3.8, 4) is 0 Å². The molecule has 2 fully saturated rings. The third kappa shape index (κ3) is 5.20. The zero-order chi connectivity index (χ0) is 20.8. The lowest BCUT2D eigenvalue weighted by Crippen LogP contribution is -2.39. The molecule has 2 aliphatic heterocycles. The van der Waals surface area contributed by atoms with Gasteiger partial charge in [-0.05, 0) is 61.9 Å². The number of carbonyl (C=O) groups excluding carboxylic acids is 1. The molecule has 1 atom stereocenters. The molecule has 1 aromatic carbocycles. The minimum absolute atomic E-state index is 0.149. The third-order valence-corrected chi connectivity index (χ3v) is 5.99. The smallest absolute Gasteiger partial charge is 0.315 e. The Hall–Kier alpha value is -2.83. The predicted octanol–water partition coefficient (Wildman–Crippen LogP) is 3.54. The molecule has 30 heavy (non-hydrogen) atoms. The molecule has 2 N–H and O–H groups in total. The fourth-order valence-electron chi connectivity index (χ4n) is 4.32. The quantitative estimate of drug-likeness (QED) is 0.763. The van der Waals surface area contributed by atoms with E-state index in [1.807, 2.05) is 30.5 Å². The largest absolute Gasteiger partial charge is 0.371 e. The molecule has 0 saturated carbocycles. The monoisotopic (exact) mass is 411 g/mol. The Morgan fingerprint density at radius 1 is 1.03 bits per heavy atom. The number of rotatable bonds is 6. The number of aromatic nitrogens is 1. The normalized spacial score (nSPS) is 19.0. The van der Waals surface area contributed by atoms with Gasteiger partial charge in [0.15, 0.2) is 0 Å². The van der Waals surface area contributed by atoms with E-state index >= 15 is 0 Å². The van der Waals surface area contributed by atoms with Crippen molar-refractivity contribution in [1.29, 1.82) is 0 Å². The first-order chi connectivity index (χ1) is 14.7. The lowest BCUT2D eigenvalue weighted by Gasteiger charge is -2.29. The predicted molar refractivity (Wildman–Crippen MR) is 117 cm³/mol. The van der Waals surface area contributed by atoms with E-state index in [1.54, 1.807) is 0 Å². The molecule has 2 aliphatic rings. The van der Waals surface area contributed by atoms with Crippen molar-refractivity contribution in [3.63, 3.8) is 0 Å². The molecular weight excluding hydrogens is 381 g/mol. The maximum absolute atomic E-state index is 13.1. The summed E-state index contributed by atoms with van der Waals surface area (Å²) in [6.07, 6.45) is 6.50. The van der Waals surface area contributed by atoms with Gasteiger partial charge in [-0.25, -0.2) is 14.2 Å². The van der Waals surface area contributed by atoms with Gasteiger partial charge in [0.1, 0.15) is 11.6 Å². The number of piperidine rings is 1. The van der Waals surface area contributed by atoms with Crippen LogP contribution >= 0.6 is 0 Å². The van der Waals surface area contributed by atoms with Gasteiger partial charge in [-0.3, -0.25) is 0 Å². The Morgan fingerprint density at radius 3 is 2.63 bits per heavy atom. The van der Waals surface area contributed by atoms with Crippen molar-refractivity contribution >= 4 is 17.5 Å². The summed E-state index contributed by atoms with van der Waals surface area (Å²) in [6, 6.07) is 10.4. The number of pyridine rings is 1. The second-order valence-electron chi connectivity index (χ2n) is 8.17. The SMILES string of the molecule is O=C(NCc1cccnc1N1CCCCC1)NCC1CCN(c2ccc(F)cc2)C1. The molecule has 0 spiro atoms. The summed E-state index contributed by atoms with van der Waals surface area (Å²) in [4.78, 5) is 21.5. The standard InChI is InChI=1S/C23H30FN5O/c24-20-6-8-21(9-7-20)29-14-10-18(17-29)15-26-23(30)27-16-19-5-4-11-25-22(19)28-12-2-1-3-13-28/h4-9,11,18H,1-3,10,12-17H2,(H2,26,27,30). The van der Waals surface area contributed by atoms with Crippen LogP contribution in [0.15, 0.2) is 42.6 Å². The van der Waals surface area contributed by atoms with Crippen molar-refractivity contribution in [3.05, 3.63) is 54.0 Å². The fourth-order valence-corrected chi connectivity index (χ4v) is 4.32. The van der Waals surface area contributed by atoms with Gasteiger partial charge in [-0.2, -0.15) is 0 Å². The van der Waals surface area contributed by atoms with E-state index in [4.69, 9.17) is 0 Å². The Labute approximate surface area is 177 Å². The van der Waals surface area contributed by atoms with Gasteiger partial charge in [-0.1, -0.05) is 6.07 Å². The van der Waals surface area contributed by atoms with E-state index in [1.165, 1.54) is 31.4 Å². The van der Waals surface area contributed by atoms with E-state index in [0.29, 0.717) is 19.0 Å². The Morgan fingerprint density at radius 2 is 1.83 bits per heavy atom. The molecule has 2 saturated heterocycles. The molecule has 7 heteroatoms. The molecule has 3 heterocycles. The highest BCUT2D eigenvalue weighted by atomic mass is 19.1. The molecule has 1 unspecified atom stereocenters. The van der Waals surface area contributed by atoms with Gasteiger partial charge >= 0.3 is 6.03 Å². The molecule has 4 rings (SSSR count). The number of benzene rings is 1. The van der Waals surface area contributed by atoms with E-state index < -0.39 is 0 Å². The molecular formula is C23H30FN5O. The van der Waals surface area contributed by atoms with E-state index in [-0.39, 0.29) is 11.8 Å². The summed E-state index contributed by atoms with van der Waals surface area (Å²) < 4.78 is 13.1. The lowest BCUT2D eigenvalue weighted by atomic mass is 10.1. The van der Waals surface area contributed by atoms with E-state index in [9.17, 15) is 9.18 Å².